The lowest BCUT2D eigenvalue weighted by molar-refractivity contribution is 0.455. The van der Waals surface area contributed by atoms with E-state index in [0.29, 0.717) is 6.04 Å². The van der Waals surface area contributed by atoms with Crippen LogP contribution in [0.5, 0.6) is 0 Å². The number of hydrogen-bond donors (Lipinski definition) is 1. The maximum absolute atomic E-state index is 13.0. The largest absolute Gasteiger partial charge is 0.314 e. The molecule has 0 amide bonds. The summed E-state index contributed by atoms with van der Waals surface area (Å²) in [6.45, 7) is 7.52. The number of nitrogens with one attached hydrogen (secondary N) is 1. The second-order valence-corrected chi connectivity index (χ2v) is 5.02. The zero-order valence-corrected chi connectivity index (χ0v) is 11.9. The Bertz CT molecular complexity index is 349. The third-order valence-electron chi connectivity index (χ3n) is 3.48. The van der Waals surface area contributed by atoms with E-state index in [-0.39, 0.29) is 5.82 Å². The average molecular weight is 251 g/mol. The minimum Gasteiger partial charge on any atom is -0.314 e. The standard InChI is InChI=1S/C16H26FN/c1-4-11-18-16(5-2)8-6-7-14-9-10-15(17)12-13(14)3/h9-10,12,16,18H,4-8,11H2,1-3H3. The predicted octanol–water partition coefficient (Wildman–Crippen LogP) is 4.24. The fourth-order valence-corrected chi connectivity index (χ4v) is 2.28. The SMILES string of the molecule is CCCNC(CC)CCCc1ccc(F)cc1C. The molecule has 1 N–H and O–H groups in total. The molecule has 102 valence electrons. The highest BCUT2D eigenvalue weighted by molar-refractivity contribution is 5.26. The Morgan fingerprint density at radius 3 is 2.67 bits per heavy atom. The molecule has 0 heterocycles. The van der Waals surface area contributed by atoms with Crippen LogP contribution in [0.2, 0.25) is 0 Å². The fourth-order valence-electron chi connectivity index (χ4n) is 2.28. The summed E-state index contributed by atoms with van der Waals surface area (Å²) in [5, 5.41) is 3.57. The van der Waals surface area contributed by atoms with Gasteiger partial charge >= 0.3 is 0 Å². The van der Waals surface area contributed by atoms with E-state index < -0.39 is 0 Å². The van der Waals surface area contributed by atoms with Crippen LogP contribution in [0.1, 0.15) is 50.7 Å². The van der Waals surface area contributed by atoms with Gasteiger partial charge in [-0.1, -0.05) is 19.9 Å². The van der Waals surface area contributed by atoms with Crippen LogP contribution in [0.3, 0.4) is 0 Å². The van der Waals surface area contributed by atoms with Crippen molar-refractivity contribution in [2.75, 3.05) is 6.54 Å². The first-order chi connectivity index (χ1) is 8.67. The van der Waals surface area contributed by atoms with Gasteiger partial charge < -0.3 is 5.32 Å². The quantitative estimate of drug-likeness (QED) is 0.729. The van der Waals surface area contributed by atoms with Crippen molar-refractivity contribution in [3.05, 3.63) is 35.1 Å². The van der Waals surface area contributed by atoms with E-state index in [4.69, 9.17) is 0 Å². The predicted molar refractivity (Wildman–Crippen MR) is 76.4 cm³/mol. The van der Waals surface area contributed by atoms with Crippen molar-refractivity contribution in [2.24, 2.45) is 0 Å². The summed E-state index contributed by atoms with van der Waals surface area (Å²) in [7, 11) is 0. The Balaban J connectivity index is 2.35. The summed E-state index contributed by atoms with van der Waals surface area (Å²) in [4.78, 5) is 0. The van der Waals surface area contributed by atoms with Gasteiger partial charge in [-0.2, -0.15) is 0 Å². The highest BCUT2D eigenvalue weighted by atomic mass is 19.1. The maximum Gasteiger partial charge on any atom is 0.123 e. The minimum absolute atomic E-state index is 0.132. The van der Waals surface area contributed by atoms with Gasteiger partial charge in [-0.25, -0.2) is 4.39 Å². The molecule has 0 aliphatic rings. The Morgan fingerprint density at radius 2 is 2.06 bits per heavy atom. The maximum atomic E-state index is 13.0. The monoisotopic (exact) mass is 251 g/mol. The zero-order valence-electron chi connectivity index (χ0n) is 11.9. The van der Waals surface area contributed by atoms with E-state index in [9.17, 15) is 4.39 Å². The molecule has 1 aromatic rings. The molecule has 1 unspecified atom stereocenters. The first-order valence-electron chi connectivity index (χ1n) is 7.15. The lowest BCUT2D eigenvalue weighted by atomic mass is 10.00. The zero-order chi connectivity index (χ0) is 13.4. The number of hydrogen-bond acceptors (Lipinski definition) is 1. The van der Waals surface area contributed by atoms with Crippen molar-refractivity contribution in [1.29, 1.82) is 0 Å². The molecule has 2 heteroatoms. The van der Waals surface area contributed by atoms with Gasteiger partial charge in [0.15, 0.2) is 0 Å². The minimum atomic E-state index is -0.132. The van der Waals surface area contributed by atoms with E-state index in [1.165, 1.54) is 31.2 Å². The Kier molecular flexibility index (Phi) is 6.96. The van der Waals surface area contributed by atoms with Crippen LogP contribution in [0, 0.1) is 12.7 Å². The highest BCUT2D eigenvalue weighted by Crippen LogP contribution is 2.14. The van der Waals surface area contributed by atoms with Crippen molar-refractivity contribution < 1.29 is 4.39 Å². The molecule has 18 heavy (non-hydrogen) atoms. The molecular weight excluding hydrogens is 225 g/mol. The second kappa shape index (κ2) is 8.25. The first-order valence-corrected chi connectivity index (χ1v) is 7.15. The molecular formula is C16H26FN. The van der Waals surface area contributed by atoms with Crippen molar-refractivity contribution in [3.63, 3.8) is 0 Å². The molecule has 0 saturated carbocycles. The van der Waals surface area contributed by atoms with E-state index in [1.54, 1.807) is 12.1 Å². The summed E-state index contributed by atoms with van der Waals surface area (Å²) in [6, 6.07) is 5.74. The summed E-state index contributed by atoms with van der Waals surface area (Å²) in [5.41, 5.74) is 2.35. The molecule has 0 aromatic heterocycles. The molecule has 0 radical (unpaired) electrons. The smallest absolute Gasteiger partial charge is 0.123 e. The molecule has 0 fully saturated rings. The van der Waals surface area contributed by atoms with E-state index in [0.717, 1.165) is 18.5 Å². The molecule has 1 rings (SSSR count). The lowest BCUT2D eigenvalue weighted by Crippen LogP contribution is -2.29. The van der Waals surface area contributed by atoms with Crippen molar-refractivity contribution in [2.45, 2.75) is 58.9 Å². The van der Waals surface area contributed by atoms with Crippen LogP contribution >= 0.6 is 0 Å². The van der Waals surface area contributed by atoms with Crippen LogP contribution in [0.4, 0.5) is 4.39 Å². The van der Waals surface area contributed by atoms with Crippen molar-refractivity contribution in [3.8, 4) is 0 Å². The second-order valence-electron chi connectivity index (χ2n) is 5.02. The van der Waals surface area contributed by atoms with Gasteiger partial charge in [0, 0.05) is 6.04 Å². The van der Waals surface area contributed by atoms with E-state index in [1.807, 2.05) is 13.0 Å². The summed E-state index contributed by atoms with van der Waals surface area (Å²) >= 11 is 0. The Morgan fingerprint density at radius 1 is 1.28 bits per heavy atom. The van der Waals surface area contributed by atoms with E-state index in [2.05, 4.69) is 19.2 Å². The topological polar surface area (TPSA) is 12.0 Å². The van der Waals surface area contributed by atoms with Gasteiger partial charge in [0.1, 0.15) is 5.82 Å². The summed E-state index contributed by atoms with van der Waals surface area (Å²) < 4.78 is 13.0. The molecule has 0 aliphatic heterocycles. The third kappa shape index (κ3) is 5.18. The van der Waals surface area contributed by atoms with Crippen LogP contribution in [-0.4, -0.2) is 12.6 Å². The number of aryl methyl sites for hydroxylation is 2. The number of rotatable bonds is 8. The van der Waals surface area contributed by atoms with E-state index >= 15 is 0 Å². The molecule has 0 aliphatic carbocycles. The normalized spacial score (nSPS) is 12.7. The van der Waals surface area contributed by atoms with Crippen LogP contribution in [-0.2, 0) is 6.42 Å². The third-order valence-corrected chi connectivity index (χ3v) is 3.48. The average Bonchev–Trinajstić information content (AvgIpc) is 2.36. The van der Waals surface area contributed by atoms with Crippen LogP contribution in [0.25, 0.3) is 0 Å². The van der Waals surface area contributed by atoms with Crippen LogP contribution in [0.15, 0.2) is 18.2 Å². The Hall–Kier alpha value is -0.890. The summed E-state index contributed by atoms with van der Waals surface area (Å²) in [5.74, 6) is -0.132. The van der Waals surface area contributed by atoms with Crippen molar-refractivity contribution >= 4 is 0 Å². The molecule has 0 bridgehead atoms. The van der Waals surface area contributed by atoms with Gasteiger partial charge in [-0.3, -0.25) is 0 Å². The summed E-state index contributed by atoms with van der Waals surface area (Å²) in [6.07, 6.45) is 5.79. The fraction of sp³-hybridized carbons (Fsp3) is 0.625. The first kappa shape index (κ1) is 15.2. The lowest BCUT2D eigenvalue weighted by Gasteiger charge is -2.16. The molecule has 0 spiro atoms. The Labute approximate surface area is 111 Å². The molecule has 1 nitrogen and oxygen atoms in total. The van der Waals surface area contributed by atoms with Gasteiger partial charge in [-0.15, -0.1) is 0 Å². The highest BCUT2D eigenvalue weighted by Gasteiger charge is 2.06. The molecule has 0 saturated heterocycles. The number of halogens is 1. The van der Waals surface area contributed by atoms with Crippen molar-refractivity contribution in [1.82, 2.24) is 5.32 Å². The van der Waals surface area contributed by atoms with Gasteiger partial charge in [-0.05, 0) is 68.8 Å². The number of benzene rings is 1. The van der Waals surface area contributed by atoms with Gasteiger partial charge in [0.05, 0.1) is 0 Å². The van der Waals surface area contributed by atoms with Gasteiger partial charge in [0.2, 0.25) is 0 Å². The van der Waals surface area contributed by atoms with Crippen LogP contribution < -0.4 is 5.32 Å². The molecule has 1 aromatic carbocycles. The molecule has 1 atom stereocenters. The van der Waals surface area contributed by atoms with Gasteiger partial charge in [0.25, 0.3) is 0 Å².